The number of nitrogens with zero attached hydrogens (tertiary/aromatic N) is 3. The minimum Gasteiger partial charge on any atom is -0.338 e. The van der Waals surface area contributed by atoms with Crippen LogP contribution in [0.5, 0.6) is 0 Å². The Morgan fingerprint density at radius 2 is 2.19 bits per heavy atom. The summed E-state index contributed by atoms with van der Waals surface area (Å²) in [5, 5.41) is 8.60. The van der Waals surface area contributed by atoms with E-state index in [4.69, 9.17) is 5.21 Å². The Kier molecular flexibility index (Phi) is 5.80. The molecule has 2 amide bonds. The van der Waals surface area contributed by atoms with Crippen molar-refractivity contribution >= 4 is 17.9 Å². The monoisotopic (exact) mass is 354 g/mol. The lowest BCUT2D eigenvalue weighted by atomic mass is 9.96. The van der Waals surface area contributed by atoms with E-state index < -0.39 is 5.91 Å². The Labute approximate surface area is 151 Å². The molecule has 1 fully saturated rings. The third kappa shape index (κ3) is 4.37. The Balaban J connectivity index is 1.72. The maximum Gasteiger partial charge on any atom is 0.267 e. The van der Waals surface area contributed by atoms with Crippen LogP contribution >= 0.6 is 0 Å². The molecule has 7 heteroatoms. The molecular formula is C19H22N4O3. The highest BCUT2D eigenvalue weighted by molar-refractivity contribution is 5.99. The predicted molar refractivity (Wildman–Crippen MR) is 96.3 cm³/mol. The molecule has 2 N–H and O–H groups in total. The first-order valence-electron chi connectivity index (χ1n) is 8.63. The molecule has 1 saturated heterocycles. The fourth-order valence-electron chi connectivity index (χ4n) is 3.30. The second-order valence-electron chi connectivity index (χ2n) is 6.42. The van der Waals surface area contributed by atoms with Gasteiger partial charge in [0.05, 0.1) is 6.33 Å². The fraction of sp³-hybridized carbons (Fsp3) is 0.316. The van der Waals surface area contributed by atoms with Gasteiger partial charge in [-0.1, -0.05) is 18.2 Å². The topological polar surface area (TPSA) is 87.5 Å². The van der Waals surface area contributed by atoms with E-state index in [-0.39, 0.29) is 5.91 Å². The molecule has 2 heterocycles. The normalized spacial score (nSPS) is 17.4. The van der Waals surface area contributed by atoms with E-state index in [1.165, 1.54) is 12.2 Å². The van der Waals surface area contributed by atoms with Crippen LogP contribution in [0, 0.1) is 5.92 Å². The van der Waals surface area contributed by atoms with E-state index in [0.29, 0.717) is 23.6 Å². The molecule has 0 aliphatic carbocycles. The molecule has 0 bridgehead atoms. The van der Waals surface area contributed by atoms with Crippen LogP contribution in [0.4, 0.5) is 0 Å². The minimum atomic E-state index is -0.634. The molecule has 3 rings (SSSR count). The molecule has 26 heavy (non-hydrogen) atoms. The van der Waals surface area contributed by atoms with E-state index in [1.54, 1.807) is 30.1 Å². The number of hydrogen-bond acceptors (Lipinski definition) is 4. The molecule has 0 unspecified atom stereocenters. The van der Waals surface area contributed by atoms with Crippen LogP contribution in [0.2, 0.25) is 0 Å². The van der Waals surface area contributed by atoms with E-state index >= 15 is 0 Å². The number of rotatable bonds is 5. The number of hydrogen-bond donors (Lipinski definition) is 2. The van der Waals surface area contributed by atoms with Gasteiger partial charge in [0.2, 0.25) is 0 Å². The van der Waals surface area contributed by atoms with Crippen molar-refractivity contribution in [3.8, 4) is 0 Å². The van der Waals surface area contributed by atoms with Crippen LogP contribution in [0.1, 0.15) is 28.8 Å². The van der Waals surface area contributed by atoms with Crippen LogP contribution in [-0.2, 0) is 11.3 Å². The Bertz CT molecular complexity index is 786. The number of hydroxylamine groups is 1. The van der Waals surface area contributed by atoms with Gasteiger partial charge in [0, 0.05) is 43.7 Å². The quantitative estimate of drug-likeness (QED) is 0.488. The van der Waals surface area contributed by atoms with Gasteiger partial charge in [-0.25, -0.2) is 10.5 Å². The summed E-state index contributed by atoms with van der Waals surface area (Å²) < 4.78 is 2.04. The molecule has 1 aromatic heterocycles. The fourth-order valence-corrected chi connectivity index (χ4v) is 3.30. The summed E-state index contributed by atoms with van der Waals surface area (Å²) in [6.07, 6.45) is 10.3. The SMILES string of the molecule is O=C(/C=C/c1ccccc1C(=O)N1CCC[C@H](Cn2ccnc2)C1)NO. The Hall–Kier alpha value is -2.93. The average molecular weight is 354 g/mol. The van der Waals surface area contributed by atoms with Gasteiger partial charge in [-0.15, -0.1) is 0 Å². The van der Waals surface area contributed by atoms with E-state index in [1.807, 2.05) is 27.8 Å². The average Bonchev–Trinajstić information content (AvgIpc) is 3.19. The zero-order chi connectivity index (χ0) is 18.4. The van der Waals surface area contributed by atoms with Crippen LogP contribution in [0.15, 0.2) is 49.1 Å². The standard InChI is InChI=1S/C19H22N4O3/c24-18(21-26)8-7-16-5-1-2-6-17(16)19(25)23-10-3-4-15(13-23)12-22-11-9-20-14-22/h1-2,5-9,11,14-15,26H,3-4,10,12-13H2,(H,21,24)/b8-7+/t15-/m1/s1. The Morgan fingerprint density at radius 1 is 1.35 bits per heavy atom. The highest BCUT2D eigenvalue weighted by Crippen LogP contribution is 2.22. The highest BCUT2D eigenvalue weighted by Gasteiger charge is 2.25. The molecular weight excluding hydrogens is 332 g/mol. The number of carbonyl (C=O) groups is 2. The molecule has 1 aliphatic rings. The molecule has 136 valence electrons. The van der Waals surface area contributed by atoms with E-state index in [9.17, 15) is 9.59 Å². The number of piperidine rings is 1. The van der Waals surface area contributed by atoms with Gasteiger partial charge in [-0.3, -0.25) is 14.8 Å². The van der Waals surface area contributed by atoms with Crippen LogP contribution in [-0.4, -0.2) is 44.6 Å². The molecule has 0 saturated carbocycles. The smallest absolute Gasteiger partial charge is 0.267 e. The van der Waals surface area contributed by atoms with Crippen LogP contribution in [0.25, 0.3) is 6.08 Å². The van der Waals surface area contributed by atoms with Crippen molar-refractivity contribution in [2.24, 2.45) is 5.92 Å². The third-order valence-electron chi connectivity index (χ3n) is 4.55. The first-order valence-corrected chi connectivity index (χ1v) is 8.63. The number of carbonyl (C=O) groups excluding carboxylic acids is 2. The number of imidazole rings is 1. The van der Waals surface area contributed by atoms with Gasteiger partial charge in [0.25, 0.3) is 11.8 Å². The number of nitrogens with one attached hydrogen (secondary N) is 1. The zero-order valence-electron chi connectivity index (χ0n) is 14.4. The summed E-state index contributed by atoms with van der Waals surface area (Å²) in [4.78, 5) is 30.2. The molecule has 1 atom stereocenters. The van der Waals surface area contributed by atoms with Gasteiger partial charge < -0.3 is 9.47 Å². The van der Waals surface area contributed by atoms with E-state index in [0.717, 1.165) is 25.9 Å². The predicted octanol–water partition coefficient (Wildman–Crippen LogP) is 1.95. The summed E-state index contributed by atoms with van der Waals surface area (Å²) in [6.45, 7) is 2.28. The summed E-state index contributed by atoms with van der Waals surface area (Å²) in [5.41, 5.74) is 2.75. The van der Waals surface area contributed by atoms with Gasteiger partial charge in [-0.2, -0.15) is 0 Å². The second-order valence-corrected chi connectivity index (χ2v) is 6.42. The summed E-state index contributed by atoms with van der Waals surface area (Å²) in [6, 6.07) is 7.16. The van der Waals surface area contributed by atoms with Gasteiger partial charge in [0.1, 0.15) is 0 Å². The molecule has 0 spiro atoms. The lowest BCUT2D eigenvalue weighted by molar-refractivity contribution is -0.124. The maximum atomic E-state index is 13.0. The summed E-state index contributed by atoms with van der Waals surface area (Å²) >= 11 is 0. The van der Waals surface area contributed by atoms with Gasteiger partial charge in [-0.05, 0) is 36.5 Å². The van der Waals surface area contributed by atoms with Crippen molar-refractivity contribution in [2.45, 2.75) is 19.4 Å². The van der Waals surface area contributed by atoms with Crippen LogP contribution < -0.4 is 5.48 Å². The van der Waals surface area contributed by atoms with Crippen molar-refractivity contribution in [1.29, 1.82) is 0 Å². The largest absolute Gasteiger partial charge is 0.338 e. The highest BCUT2D eigenvalue weighted by atomic mass is 16.5. The number of amides is 2. The molecule has 0 radical (unpaired) electrons. The Morgan fingerprint density at radius 3 is 2.96 bits per heavy atom. The van der Waals surface area contributed by atoms with Crippen molar-refractivity contribution in [2.75, 3.05) is 13.1 Å². The van der Waals surface area contributed by atoms with Crippen molar-refractivity contribution in [3.63, 3.8) is 0 Å². The van der Waals surface area contributed by atoms with E-state index in [2.05, 4.69) is 4.98 Å². The molecule has 1 aliphatic heterocycles. The van der Waals surface area contributed by atoms with Crippen molar-refractivity contribution in [3.05, 3.63) is 60.2 Å². The third-order valence-corrected chi connectivity index (χ3v) is 4.55. The lowest BCUT2D eigenvalue weighted by Crippen LogP contribution is -2.41. The minimum absolute atomic E-state index is 0.0370. The molecule has 2 aromatic rings. The first-order chi connectivity index (χ1) is 12.7. The van der Waals surface area contributed by atoms with Crippen molar-refractivity contribution in [1.82, 2.24) is 19.9 Å². The first kappa shape index (κ1) is 17.9. The maximum absolute atomic E-state index is 13.0. The molecule has 7 nitrogen and oxygen atoms in total. The number of likely N-dealkylation sites (tertiary alicyclic amines) is 1. The number of benzene rings is 1. The molecule has 1 aromatic carbocycles. The number of aromatic nitrogens is 2. The second kappa shape index (κ2) is 8.44. The summed E-state index contributed by atoms with van der Waals surface area (Å²) in [7, 11) is 0. The van der Waals surface area contributed by atoms with Crippen molar-refractivity contribution < 1.29 is 14.8 Å². The van der Waals surface area contributed by atoms with Gasteiger partial charge in [0.15, 0.2) is 0 Å². The lowest BCUT2D eigenvalue weighted by Gasteiger charge is -2.33. The van der Waals surface area contributed by atoms with Crippen LogP contribution in [0.3, 0.4) is 0 Å². The zero-order valence-corrected chi connectivity index (χ0v) is 14.4. The van der Waals surface area contributed by atoms with Gasteiger partial charge >= 0.3 is 0 Å². The summed E-state index contributed by atoms with van der Waals surface area (Å²) in [5.74, 6) is -0.277.